The number of hydrogen-bond donors (Lipinski definition) is 3. The normalized spacial score (nSPS) is 14.7. The van der Waals surface area contributed by atoms with Gasteiger partial charge in [0.2, 0.25) is 5.91 Å². The fourth-order valence-electron chi connectivity index (χ4n) is 3.53. The van der Waals surface area contributed by atoms with Crippen LogP contribution in [0.1, 0.15) is 48.3 Å². The Balaban J connectivity index is 1.66. The monoisotopic (exact) mass is 393 g/mol. The zero-order valence-electron chi connectivity index (χ0n) is 16.9. The van der Waals surface area contributed by atoms with Crippen molar-refractivity contribution in [2.24, 2.45) is 0 Å². The van der Waals surface area contributed by atoms with Crippen LogP contribution in [0.3, 0.4) is 0 Å². The zero-order chi connectivity index (χ0) is 20.2. The highest BCUT2D eigenvalue weighted by Gasteiger charge is 2.29. The van der Waals surface area contributed by atoms with Gasteiger partial charge in [-0.05, 0) is 24.5 Å². The summed E-state index contributed by atoms with van der Waals surface area (Å²) in [6, 6.07) is 9.88. The van der Waals surface area contributed by atoms with Gasteiger partial charge in [-0.25, -0.2) is 9.97 Å². The molecule has 0 unspecified atom stereocenters. The number of carbonyl (C=O) groups is 1. The number of methoxy groups -OCH3 is 1. The predicted octanol–water partition coefficient (Wildman–Crippen LogP) is 3.31. The number of ether oxygens (including phenoxy) is 1. The molecular weight excluding hydrogens is 366 g/mol. The van der Waals surface area contributed by atoms with Crippen molar-refractivity contribution in [3.05, 3.63) is 53.6 Å². The summed E-state index contributed by atoms with van der Waals surface area (Å²) in [5.41, 5.74) is 3.07. The fraction of sp³-hybridized carbons (Fsp3) is 0.409. The van der Waals surface area contributed by atoms with E-state index in [9.17, 15) is 4.79 Å². The number of anilines is 1. The molecule has 7 nitrogen and oxygen atoms in total. The van der Waals surface area contributed by atoms with Crippen molar-refractivity contribution in [3.8, 4) is 0 Å². The molecule has 3 N–H and O–H groups in total. The van der Waals surface area contributed by atoms with E-state index in [0.29, 0.717) is 25.4 Å². The third-order valence-corrected chi connectivity index (χ3v) is 5.29. The fourth-order valence-corrected chi connectivity index (χ4v) is 3.53. The van der Waals surface area contributed by atoms with Crippen LogP contribution in [0.25, 0.3) is 10.9 Å². The Morgan fingerprint density at radius 2 is 2.14 bits per heavy atom. The maximum absolute atomic E-state index is 12.5. The molecule has 2 aromatic heterocycles. The van der Waals surface area contributed by atoms with Gasteiger partial charge in [-0.1, -0.05) is 18.2 Å². The minimum absolute atomic E-state index is 0.0470. The maximum atomic E-state index is 12.5. The van der Waals surface area contributed by atoms with Gasteiger partial charge in [-0.3, -0.25) is 4.79 Å². The van der Waals surface area contributed by atoms with Crippen molar-refractivity contribution in [2.75, 3.05) is 26.1 Å². The second-order valence-corrected chi connectivity index (χ2v) is 7.49. The molecule has 29 heavy (non-hydrogen) atoms. The average molecular weight is 393 g/mol. The number of fused-ring (bicyclic) bond motifs is 1. The van der Waals surface area contributed by atoms with E-state index < -0.39 is 0 Å². The topological polar surface area (TPSA) is 91.9 Å². The van der Waals surface area contributed by atoms with Crippen LogP contribution in [-0.2, 0) is 16.0 Å². The SMILES string of the molecule is CNc1cc([C@@H](Cc2c[nH]c3ccccc23)NC(=O)CCOC)nc(C2CC2)n1. The third kappa shape index (κ3) is 4.56. The first-order valence-electron chi connectivity index (χ1n) is 10.1. The number of hydrogen-bond acceptors (Lipinski definition) is 5. The van der Waals surface area contributed by atoms with E-state index in [1.165, 1.54) is 0 Å². The standard InChI is InChI=1S/C22H27N5O2/c1-23-20-12-19(26-22(27-20)14-7-8-14)18(25-21(28)9-10-29-2)11-15-13-24-17-6-4-3-5-16(15)17/h3-6,12-14,18,24H,7-11H2,1-2H3,(H,25,28)(H,23,26,27)/t18-/m1/s1. The van der Waals surface area contributed by atoms with Crippen molar-refractivity contribution in [3.63, 3.8) is 0 Å². The van der Waals surface area contributed by atoms with Gasteiger partial charge >= 0.3 is 0 Å². The summed E-state index contributed by atoms with van der Waals surface area (Å²) in [7, 11) is 3.46. The lowest BCUT2D eigenvalue weighted by Crippen LogP contribution is -2.31. The zero-order valence-corrected chi connectivity index (χ0v) is 16.9. The number of amides is 1. The number of carbonyl (C=O) groups excluding carboxylic acids is 1. The molecule has 2 heterocycles. The van der Waals surface area contributed by atoms with Crippen molar-refractivity contribution in [1.29, 1.82) is 0 Å². The Morgan fingerprint density at radius 3 is 2.90 bits per heavy atom. The summed E-state index contributed by atoms with van der Waals surface area (Å²) < 4.78 is 5.06. The van der Waals surface area contributed by atoms with Gasteiger partial charge in [0, 0.05) is 56.1 Å². The number of benzene rings is 1. The van der Waals surface area contributed by atoms with E-state index in [0.717, 1.165) is 46.6 Å². The maximum Gasteiger partial charge on any atom is 0.222 e. The van der Waals surface area contributed by atoms with Gasteiger partial charge in [0.15, 0.2) is 0 Å². The minimum Gasteiger partial charge on any atom is -0.384 e. The van der Waals surface area contributed by atoms with Crippen LogP contribution < -0.4 is 10.6 Å². The first-order valence-corrected chi connectivity index (χ1v) is 10.1. The van der Waals surface area contributed by atoms with Gasteiger partial charge in [0.05, 0.1) is 18.3 Å². The molecule has 0 radical (unpaired) electrons. The summed E-state index contributed by atoms with van der Waals surface area (Å²) in [4.78, 5) is 25.3. The molecule has 3 aromatic rings. The minimum atomic E-state index is -0.244. The molecular formula is C22H27N5O2. The molecule has 0 aliphatic heterocycles. The highest BCUT2D eigenvalue weighted by atomic mass is 16.5. The van der Waals surface area contributed by atoms with Crippen LogP contribution in [0, 0.1) is 0 Å². The summed E-state index contributed by atoms with van der Waals surface area (Å²) in [5, 5.41) is 7.45. The molecule has 1 saturated carbocycles. The van der Waals surface area contributed by atoms with E-state index in [-0.39, 0.29) is 11.9 Å². The number of nitrogens with zero attached hydrogens (tertiary/aromatic N) is 2. The van der Waals surface area contributed by atoms with Crippen molar-refractivity contribution in [1.82, 2.24) is 20.3 Å². The molecule has 1 aromatic carbocycles. The summed E-state index contributed by atoms with van der Waals surface area (Å²) in [5.74, 6) is 2.03. The van der Waals surface area contributed by atoms with Crippen molar-refractivity contribution >= 4 is 22.6 Å². The molecule has 1 amide bonds. The van der Waals surface area contributed by atoms with Crippen molar-refractivity contribution < 1.29 is 9.53 Å². The summed E-state index contributed by atoms with van der Waals surface area (Å²) in [6.07, 6.45) is 5.23. The lowest BCUT2D eigenvalue weighted by molar-refractivity contribution is -0.122. The number of aromatic nitrogens is 3. The predicted molar refractivity (Wildman–Crippen MR) is 113 cm³/mol. The molecule has 1 aliphatic rings. The van der Waals surface area contributed by atoms with Gasteiger partial charge < -0.3 is 20.4 Å². The molecule has 0 bridgehead atoms. The van der Waals surface area contributed by atoms with Crippen LogP contribution in [0.2, 0.25) is 0 Å². The van der Waals surface area contributed by atoms with Crippen LogP contribution >= 0.6 is 0 Å². The van der Waals surface area contributed by atoms with E-state index in [4.69, 9.17) is 9.72 Å². The molecule has 7 heteroatoms. The smallest absolute Gasteiger partial charge is 0.222 e. The second-order valence-electron chi connectivity index (χ2n) is 7.49. The molecule has 1 fully saturated rings. The van der Waals surface area contributed by atoms with Gasteiger partial charge in [-0.2, -0.15) is 0 Å². The summed E-state index contributed by atoms with van der Waals surface area (Å²) in [6.45, 7) is 0.393. The number of aromatic amines is 1. The second kappa shape index (κ2) is 8.61. The van der Waals surface area contributed by atoms with Crippen LogP contribution in [-0.4, -0.2) is 41.6 Å². The van der Waals surface area contributed by atoms with E-state index in [2.05, 4.69) is 32.7 Å². The van der Waals surface area contributed by atoms with Crippen LogP contribution in [0.15, 0.2) is 36.5 Å². The molecule has 1 atom stereocenters. The molecule has 0 saturated heterocycles. The first kappa shape index (κ1) is 19.4. The summed E-state index contributed by atoms with van der Waals surface area (Å²) >= 11 is 0. The molecule has 1 aliphatic carbocycles. The lowest BCUT2D eigenvalue weighted by Gasteiger charge is -2.20. The molecule has 4 rings (SSSR count). The van der Waals surface area contributed by atoms with Gasteiger partial charge in [0.1, 0.15) is 11.6 Å². The number of H-pyrrole nitrogens is 1. The number of nitrogens with one attached hydrogen (secondary N) is 3. The number of para-hydroxylation sites is 1. The highest BCUT2D eigenvalue weighted by Crippen LogP contribution is 2.39. The van der Waals surface area contributed by atoms with E-state index in [1.807, 2.05) is 31.4 Å². The van der Waals surface area contributed by atoms with Gasteiger partial charge in [-0.15, -0.1) is 0 Å². The Labute approximate surface area is 170 Å². The Morgan fingerprint density at radius 1 is 1.31 bits per heavy atom. The van der Waals surface area contributed by atoms with E-state index >= 15 is 0 Å². The largest absolute Gasteiger partial charge is 0.384 e. The lowest BCUT2D eigenvalue weighted by atomic mass is 10.0. The average Bonchev–Trinajstić information content (AvgIpc) is 3.53. The van der Waals surface area contributed by atoms with Gasteiger partial charge in [0.25, 0.3) is 0 Å². The first-order chi connectivity index (χ1) is 14.2. The Bertz CT molecular complexity index is 996. The molecule has 0 spiro atoms. The van der Waals surface area contributed by atoms with Crippen LogP contribution in [0.5, 0.6) is 0 Å². The van der Waals surface area contributed by atoms with E-state index in [1.54, 1.807) is 7.11 Å². The molecule has 152 valence electrons. The Hall–Kier alpha value is -2.93. The Kier molecular flexibility index (Phi) is 5.76. The quantitative estimate of drug-likeness (QED) is 0.519. The third-order valence-electron chi connectivity index (χ3n) is 5.29. The number of rotatable bonds is 9. The van der Waals surface area contributed by atoms with Crippen LogP contribution in [0.4, 0.5) is 5.82 Å². The highest BCUT2D eigenvalue weighted by molar-refractivity contribution is 5.83. The van der Waals surface area contributed by atoms with Crippen molar-refractivity contribution in [2.45, 2.75) is 37.6 Å².